The Labute approximate surface area is 80.5 Å². The van der Waals surface area contributed by atoms with E-state index in [1.165, 1.54) is 0 Å². The highest BCUT2D eigenvalue weighted by atomic mass is 32.2. The molecule has 0 radical (unpaired) electrons. The normalized spacial score (nSPS) is 13.0. The summed E-state index contributed by atoms with van der Waals surface area (Å²) in [6.07, 6.45) is 0.632. The van der Waals surface area contributed by atoms with Crippen LogP contribution in [0.5, 0.6) is 0 Å². The molecule has 0 aliphatic rings. The second-order valence-corrected chi connectivity index (χ2v) is 4.05. The van der Waals surface area contributed by atoms with Crippen LogP contribution in [-0.4, -0.2) is 24.8 Å². The van der Waals surface area contributed by atoms with Crippen LogP contribution >= 0.6 is 0 Å². The molecule has 5 N–H and O–H groups in total. The van der Waals surface area contributed by atoms with Gasteiger partial charge in [0.1, 0.15) is 5.41 Å². The predicted octanol–water partition coefficient (Wildman–Crippen LogP) is -1.64. The Kier molecular flexibility index (Phi) is 3.38. The Morgan fingerprint density at radius 3 is 1.86 bits per heavy atom. The lowest BCUT2D eigenvalue weighted by Crippen LogP contribution is -2.44. The number of hydrogen-bond donors (Lipinski definition) is 3. The molecule has 0 heterocycles. The first-order chi connectivity index (χ1) is 6.09. The van der Waals surface area contributed by atoms with Gasteiger partial charge in [-0.15, -0.1) is 0 Å². The first kappa shape index (κ1) is 12.6. The average Bonchev–Trinajstić information content (AvgIpc) is 1.97. The molecule has 0 bridgehead atoms. The quantitative estimate of drug-likeness (QED) is 0.386. The third-order valence-corrected chi connectivity index (χ3v) is 2.08. The van der Waals surface area contributed by atoms with Crippen molar-refractivity contribution in [2.45, 2.75) is 6.92 Å². The highest BCUT2D eigenvalue weighted by Gasteiger charge is 2.35. The molecule has 0 aliphatic heterocycles. The molecule has 8 heteroatoms. The number of carbonyl (C=O) groups excluding carboxylic acids is 2. The zero-order chi connectivity index (χ0) is 11.6. The second kappa shape index (κ2) is 3.76. The number of rotatable bonds is 4. The summed E-state index contributed by atoms with van der Waals surface area (Å²) in [5.41, 5.74) is 7.73. The molecule has 0 saturated heterocycles. The van der Waals surface area contributed by atoms with Crippen molar-refractivity contribution < 1.29 is 22.6 Å². The summed E-state index contributed by atoms with van der Waals surface area (Å²) < 4.78 is 28.9. The van der Waals surface area contributed by atoms with Gasteiger partial charge in [-0.1, -0.05) is 0 Å². The number of primary amides is 2. The van der Waals surface area contributed by atoms with E-state index in [-0.39, 0.29) is 5.41 Å². The van der Waals surface area contributed by atoms with Crippen LogP contribution in [0.4, 0.5) is 0 Å². The van der Waals surface area contributed by atoms with Gasteiger partial charge in [-0.25, -0.2) is 0 Å². The molecule has 14 heavy (non-hydrogen) atoms. The SMILES string of the molecule is CC(C=CS(=O)(=O)O)(C(N)=O)C(N)=O. The van der Waals surface area contributed by atoms with Crippen LogP contribution in [0.25, 0.3) is 0 Å². The molecule has 0 aromatic carbocycles. The monoisotopic (exact) mass is 222 g/mol. The second-order valence-electron chi connectivity index (χ2n) is 2.75. The number of amides is 2. The minimum absolute atomic E-state index is 0.280. The fraction of sp³-hybridized carbons (Fsp3) is 0.333. The highest BCUT2D eigenvalue weighted by molar-refractivity contribution is 7.88. The maximum atomic E-state index is 10.8. The van der Waals surface area contributed by atoms with Gasteiger partial charge in [0.05, 0.1) is 5.41 Å². The number of carbonyl (C=O) groups is 2. The molecule has 0 aliphatic carbocycles. The van der Waals surface area contributed by atoms with Crippen LogP contribution in [0, 0.1) is 5.41 Å². The smallest absolute Gasteiger partial charge is 0.287 e. The molecule has 0 rings (SSSR count). The molecule has 7 nitrogen and oxygen atoms in total. The minimum Gasteiger partial charge on any atom is -0.368 e. The summed E-state index contributed by atoms with van der Waals surface area (Å²) in [5, 5.41) is 0.280. The Morgan fingerprint density at radius 1 is 1.29 bits per heavy atom. The summed E-state index contributed by atoms with van der Waals surface area (Å²) in [4.78, 5) is 21.5. The molecule has 80 valence electrons. The van der Waals surface area contributed by atoms with Crippen molar-refractivity contribution in [2.75, 3.05) is 0 Å². The summed E-state index contributed by atoms with van der Waals surface area (Å²) in [7, 11) is -4.42. The van der Waals surface area contributed by atoms with Gasteiger partial charge in [0.25, 0.3) is 10.1 Å². The lowest BCUT2D eigenvalue weighted by Gasteiger charge is -2.16. The van der Waals surface area contributed by atoms with Gasteiger partial charge >= 0.3 is 0 Å². The Morgan fingerprint density at radius 2 is 1.64 bits per heavy atom. The first-order valence-corrected chi connectivity index (χ1v) is 4.86. The Bertz CT molecular complexity index is 369. The maximum Gasteiger partial charge on any atom is 0.287 e. The maximum absolute atomic E-state index is 10.8. The fourth-order valence-corrected chi connectivity index (χ4v) is 0.952. The summed E-state index contributed by atoms with van der Waals surface area (Å²) >= 11 is 0. The van der Waals surface area contributed by atoms with Gasteiger partial charge in [0.2, 0.25) is 11.8 Å². The lowest BCUT2D eigenvalue weighted by atomic mass is 9.89. The number of nitrogens with two attached hydrogens (primary N) is 2. The van der Waals surface area contributed by atoms with Gasteiger partial charge in [-0.05, 0) is 13.0 Å². The van der Waals surface area contributed by atoms with Gasteiger partial charge in [-0.2, -0.15) is 8.42 Å². The topological polar surface area (TPSA) is 141 Å². The van der Waals surface area contributed by atoms with Crippen LogP contribution in [0.1, 0.15) is 6.92 Å². The molecule has 0 spiro atoms. The molecule has 0 aromatic heterocycles. The standard InChI is InChI=1S/C6H10N2O5S/c1-6(4(7)9,5(8)10)2-3-14(11,12)13/h2-3H,1H3,(H2,7,9)(H2,8,10)(H,11,12,13). The molecule has 0 saturated carbocycles. The molecule has 0 atom stereocenters. The Hall–Kier alpha value is -1.41. The summed E-state index contributed by atoms with van der Waals surface area (Å²) in [6.45, 7) is 1.04. The van der Waals surface area contributed by atoms with Crippen LogP contribution in [-0.2, 0) is 19.7 Å². The van der Waals surface area contributed by atoms with Crippen molar-refractivity contribution in [3.63, 3.8) is 0 Å². The van der Waals surface area contributed by atoms with Gasteiger partial charge < -0.3 is 11.5 Å². The van der Waals surface area contributed by atoms with Crippen molar-refractivity contribution in [2.24, 2.45) is 16.9 Å². The van der Waals surface area contributed by atoms with Gasteiger partial charge in [0.15, 0.2) is 0 Å². The van der Waals surface area contributed by atoms with E-state index in [0.717, 1.165) is 6.92 Å². The van der Waals surface area contributed by atoms with Crippen molar-refractivity contribution in [1.29, 1.82) is 0 Å². The molecule has 2 amide bonds. The molecular weight excluding hydrogens is 212 g/mol. The van der Waals surface area contributed by atoms with E-state index >= 15 is 0 Å². The fourth-order valence-electron chi connectivity index (χ4n) is 0.508. The molecule has 0 aromatic rings. The third kappa shape index (κ3) is 3.15. The highest BCUT2D eigenvalue weighted by Crippen LogP contribution is 2.17. The van der Waals surface area contributed by atoms with Gasteiger partial charge in [0, 0.05) is 0 Å². The van der Waals surface area contributed by atoms with E-state index in [1.54, 1.807) is 0 Å². The van der Waals surface area contributed by atoms with Crippen molar-refractivity contribution in [3.8, 4) is 0 Å². The third-order valence-electron chi connectivity index (χ3n) is 1.60. The largest absolute Gasteiger partial charge is 0.368 e. The van der Waals surface area contributed by atoms with E-state index in [9.17, 15) is 18.0 Å². The molecule has 0 unspecified atom stereocenters. The van der Waals surface area contributed by atoms with E-state index in [2.05, 4.69) is 0 Å². The van der Waals surface area contributed by atoms with E-state index in [0.29, 0.717) is 6.08 Å². The van der Waals surface area contributed by atoms with Crippen LogP contribution in [0.2, 0.25) is 0 Å². The van der Waals surface area contributed by atoms with E-state index in [4.69, 9.17) is 16.0 Å². The van der Waals surface area contributed by atoms with E-state index < -0.39 is 27.3 Å². The first-order valence-electron chi connectivity index (χ1n) is 3.36. The van der Waals surface area contributed by atoms with Crippen LogP contribution in [0.15, 0.2) is 11.5 Å². The summed E-state index contributed by atoms with van der Waals surface area (Å²) in [5.74, 6) is -2.21. The molecular formula is C6H10N2O5S. The van der Waals surface area contributed by atoms with Crippen LogP contribution in [0.3, 0.4) is 0 Å². The minimum atomic E-state index is -4.42. The average molecular weight is 222 g/mol. The number of hydrogen-bond acceptors (Lipinski definition) is 4. The van der Waals surface area contributed by atoms with Crippen molar-refractivity contribution in [1.82, 2.24) is 0 Å². The lowest BCUT2D eigenvalue weighted by molar-refractivity contribution is -0.135. The zero-order valence-corrected chi connectivity index (χ0v) is 8.11. The van der Waals surface area contributed by atoms with Crippen molar-refractivity contribution >= 4 is 21.9 Å². The Balaban J connectivity index is 5.19. The van der Waals surface area contributed by atoms with Crippen molar-refractivity contribution in [3.05, 3.63) is 11.5 Å². The van der Waals surface area contributed by atoms with E-state index in [1.807, 2.05) is 0 Å². The molecule has 0 fully saturated rings. The predicted molar refractivity (Wildman–Crippen MR) is 47.2 cm³/mol. The van der Waals surface area contributed by atoms with Gasteiger partial charge in [-0.3, -0.25) is 14.1 Å². The summed E-state index contributed by atoms with van der Waals surface area (Å²) in [6, 6.07) is 0. The van der Waals surface area contributed by atoms with Crippen LogP contribution < -0.4 is 11.5 Å². The zero-order valence-electron chi connectivity index (χ0n) is 7.30.